The first-order valence-corrected chi connectivity index (χ1v) is 11.7. The summed E-state index contributed by atoms with van der Waals surface area (Å²) >= 11 is 5.92. The Morgan fingerprint density at radius 3 is 2.47 bits per heavy atom. The molecule has 0 atom stereocenters. The van der Waals surface area contributed by atoms with Gasteiger partial charge in [0.1, 0.15) is 6.61 Å². The Kier molecular flexibility index (Phi) is 8.10. The van der Waals surface area contributed by atoms with Crippen molar-refractivity contribution < 1.29 is 23.9 Å². The number of rotatable bonds is 7. The van der Waals surface area contributed by atoms with Crippen LogP contribution in [0.15, 0.2) is 72.9 Å². The average molecular weight is 506 g/mol. The Morgan fingerprint density at radius 1 is 1.06 bits per heavy atom. The predicted octanol–water partition coefficient (Wildman–Crippen LogP) is 3.89. The molecular weight excluding hydrogens is 482 g/mol. The molecule has 0 saturated carbocycles. The third-order valence-corrected chi connectivity index (χ3v) is 5.87. The lowest BCUT2D eigenvalue weighted by atomic mass is 10.00. The molecule has 2 aromatic carbocycles. The molecule has 0 fully saturated rings. The maximum atomic E-state index is 12.8. The Bertz CT molecular complexity index is 1290. The molecule has 1 aliphatic rings. The molecule has 1 aliphatic heterocycles. The number of hydrogen-bond acceptors (Lipinski definition) is 7. The number of nitrogens with zero attached hydrogens (tertiary/aromatic N) is 2. The molecule has 4 rings (SSSR count). The zero-order valence-electron chi connectivity index (χ0n) is 19.4. The monoisotopic (exact) mass is 505 g/mol. The van der Waals surface area contributed by atoms with Crippen molar-refractivity contribution in [2.75, 3.05) is 19.6 Å². The quantitative estimate of drug-likeness (QED) is 0.383. The summed E-state index contributed by atoms with van der Waals surface area (Å²) in [5.74, 6) is -1.68. The zero-order valence-corrected chi connectivity index (χ0v) is 20.1. The number of esters is 2. The van der Waals surface area contributed by atoms with Crippen LogP contribution in [0.4, 0.5) is 0 Å². The minimum absolute atomic E-state index is 0.0744. The van der Waals surface area contributed by atoms with Gasteiger partial charge >= 0.3 is 11.9 Å². The highest BCUT2D eigenvalue weighted by Gasteiger charge is 2.23. The molecule has 2 heterocycles. The van der Waals surface area contributed by atoms with Crippen molar-refractivity contribution in [3.05, 3.63) is 100 Å². The van der Waals surface area contributed by atoms with E-state index in [1.807, 2.05) is 36.4 Å². The molecule has 0 unspecified atom stereocenters. The second kappa shape index (κ2) is 11.6. The lowest BCUT2D eigenvalue weighted by Crippen LogP contribution is -2.34. The van der Waals surface area contributed by atoms with Crippen molar-refractivity contribution >= 4 is 35.0 Å². The van der Waals surface area contributed by atoms with E-state index in [9.17, 15) is 14.4 Å². The highest BCUT2D eigenvalue weighted by molar-refractivity contribution is 6.30. The van der Waals surface area contributed by atoms with Crippen LogP contribution in [0.2, 0.25) is 5.02 Å². The lowest BCUT2D eigenvalue weighted by Gasteiger charge is -2.27. The minimum Gasteiger partial charge on any atom is -0.486 e. The topological polar surface area (TPSA) is 112 Å². The first kappa shape index (κ1) is 25.1. The van der Waals surface area contributed by atoms with E-state index in [1.54, 1.807) is 35.2 Å². The highest BCUT2D eigenvalue weighted by atomic mass is 35.5. The molecule has 0 radical (unpaired) electrons. The normalized spacial score (nSPS) is 13.1. The largest absolute Gasteiger partial charge is 0.486 e. The number of aromatic nitrogens is 1. The summed E-state index contributed by atoms with van der Waals surface area (Å²) in [5.41, 5.74) is 8.31. The second-order valence-corrected chi connectivity index (χ2v) is 8.48. The molecule has 2 N–H and O–H groups in total. The molecule has 36 heavy (non-hydrogen) atoms. The smallest absolute Gasteiger partial charge is 0.368 e. The number of pyridine rings is 1. The summed E-state index contributed by atoms with van der Waals surface area (Å²) in [5, 5.41) is 0.574. The van der Waals surface area contributed by atoms with Crippen LogP contribution < -0.4 is 10.5 Å². The van der Waals surface area contributed by atoms with Gasteiger partial charge in [-0.05, 0) is 53.5 Å². The number of carbonyl (C=O) groups excluding carboxylic acids is 3. The van der Waals surface area contributed by atoms with E-state index < -0.39 is 18.5 Å². The summed E-state index contributed by atoms with van der Waals surface area (Å²) in [6.07, 6.45) is 4.07. The average Bonchev–Trinajstić information content (AvgIpc) is 2.92. The Labute approximate surface area is 213 Å². The maximum absolute atomic E-state index is 12.8. The molecular formula is C27H24ClN3O5. The second-order valence-electron chi connectivity index (χ2n) is 8.05. The van der Waals surface area contributed by atoms with Gasteiger partial charge in [0.05, 0.1) is 6.54 Å². The SMILES string of the molecule is NCC(=O)OC(=O)c1ncc(C2=CCN(C(=O)c3ccc(Cl)cc3)CC2)cc1OCc1ccccc1. The number of carbonyl (C=O) groups is 3. The molecule has 1 amide bonds. The third-order valence-electron chi connectivity index (χ3n) is 5.61. The van der Waals surface area contributed by atoms with Crippen molar-refractivity contribution in [2.45, 2.75) is 13.0 Å². The van der Waals surface area contributed by atoms with Crippen LogP contribution in [0, 0.1) is 0 Å². The van der Waals surface area contributed by atoms with Gasteiger partial charge in [-0.2, -0.15) is 0 Å². The molecule has 0 aliphatic carbocycles. The van der Waals surface area contributed by atoms with Gasteiger partial charge in [-0.25, -0.2) is 9.78 Å². The van der Waals surface area contributed by atoms with Crippen molar-refractivity contribution in [1.82, 2.24) is 9.88 Å². The molecule has 0 spiro atoms. The first-order valence-electron chi connectivity index (χ1n) is 11.3. The van der Waals surface area contributed by atoms with Crippen LogP contribution in [0.1, 0.15) is 38.4 Å². The molecule has 0 bridgehead atoms. The van der Waals surface area contributed by atoms with Crippen molar-refractivity contribution in [1.29, 1.82) is 0 Å². The lowest BCUT2D eigenvalue weighted by molar-refractivity contribution is -0.136. The van der Waals surface area contributed by atoms with Crippen LogP contribution in [0.25, 0.3) is 5.57 Å². The summed E-state index contributed by atoms with van der Waals surface area (Å²) in [7, 11) is 0. The van der Waals surface area contributed by atoms with Crippen LogP contribution in [0.3, 0.4) is 0 Å². The molecule has 8 nitrogen and oxygen atoms in total. The summed E-state index contributed by atoms with van der Waals surface area (Å²) in [6.45, 7) is 0.704. The van der Waals surface area contributed by atoms with E-state index in [0.29, 0.717) is 30.1 Å². The summed E-state index contributed by atoms with van der Waals surface area (Å²) < 4.78 is 10.7. The van der Waals surface area contributed by atoms with Crippen LogP contribution in [-0.2, 0) is 16.1 Å². The Morgan fingerprint density at radius 2 is 1.81 bits per heavy atom. The number of nitrogens with two attached hydrogens (primary N) is 1. The van der Waals surface area contributed by atoms with Gasteiger partial charge in [-0.1, -0.05) is 48.0 Å². The number of ether oxygens (including phenoxy) is 2. The molecule has 184 valence electrons. The van der Waals surface area contributed by atoms with E-state index in [2.05, 4.69) is 4.98 Å². The summed E-state index contributed by atoms with van der Waals surface area (Å²) in [6, 6.07) is 17.9. The van der Waals surface area contributed by atoms with Crippen LogP contribution in [0.5, 0.6) is 5.75 Å². The number of amides is 1. The third kappa shape index (κ3) is 6.16. The molecule has 9 heteroatoms. The van der Waals surface area contributed by atoms with E-state index in [4.69, 9.17) is 26.8 Å². The fourth-order valence-corrected chi connectivity index (χ4v) is 3.83. The van der Waals surface area contributed by atoms with Gasteiger partial charge in [0.2, 0.25) is 0 Å². The van der Waals surface area contributed by atoms with Gasteiger partial charge in [0, 0.05) is 29.9 Å². The first-order chi connectivity index (χ1) is 17.4. The van der Waals surface area contributed by atoms with E-state index in [-0.39, 0.29) is 24.0 Å². The van der Waals surface area contributed by atoms with Gasteiger partial charge in [0.25, 0.3) is 5.91 Å². The fraction of sp³-hybridized carbons (Fsp3) is 0.185. The number of benzene rings is 2. The predicted molar refractivity (Wildman–Crippen MR) is 134 cm³/mol. The minimum atomic E-state index is -0.933. The van der Waals surface area contributed by atoms with Crippen molar-refractivity contribution in [2.24, 2.45) is 5.73 Å². The van der Waals surface area contributed by atoms with Gasteiger partial charge in [-0.3, -0.25) is 9.59 Å². The summed E-state index contributed by atoms with van der Waals surface area (Å²) in [4.78, 5) is 42.8. The van der Waals surface area contributed by atoms with Crippen LogP contribution >= 0.6 is 11.6 Å². The highest BCUT2D eigenvalue weighted by Crippen LogP contribution is 2.28. The van der Waals surface area contributed by atoms with Crippen LogP contribution in [-0.4, -0.2) is 47.4 Å². The Hall–Kier alpha value is -4.01. The van der Waals surface area contributed by atoms with E-state index in [0.717, 1.165) is 16.7 Å². The molecule has 0 saturated heterocycles. The Balaban J connectivity index is 1.53. The van der Waals surface area contributed by atoms with E-state index in [1.165, 1.54) is 6.20 Å². The number of halogens is 1. The maximum Gasteiger partial charge on any atom is 0.368 e. The van der Waals surface area contributed by atoms with Crippen molar-refractivity contribution in [3.8, 4) is 5.75 Å². The van der Waals surface area contributed by atoms with Gasteiger partial charge in [-0.15, -0.1) is 0 Å². The van der Waals surface area contributed by atoms with Crippen molar-refractivity contribution in [3.63, 3.8) is 0 Å². The standard InChI is InChI=1S/C27H24ClN3O5/c28-22-8-6-20(7-9-22)26(33)31-12-10-19(11-13-31)21-14-23(35-17-18-4-2-1-3-5-18)25(30-16-21)27(34)36-24(32)15-29/h1-10,14,16H,11-13,15,17,29H2. The van der Waals surface area contributed by atoms with Gasteiger partial charge < -0.3 is 20.1 Å². The number of hydrogen-bond donors (Lipinski definition) is 1. The molecule has 3 aromatic rings. The van der Waals surface area contributed by atoms with Gasteiger partial charge in [0.15, 0.2) is 11.4 Å². The fourth-order valence-electron chi connectivity index (χ4n) is 3.70. The van der Waals surface area contributed by atoms with E-state index >= 15 is 0 Å². The zero-order chi connectivity index (χ0) is 25.5. The molecule has 1 aromatic heterocycles.